The number of halogens is 1. The lowest BCUT2D eigenvalue weighted by atomic mass is 10.1. The Hall–Kier alpha value is -3.46. The molecule has 10 heteroatoms. The van der Waals surface area contributed by atoms with Crippen molar-refractivity contribution in [2.75, 3.05) is 46.3 Å². The van der Waals surface area contributed by atoms with E-state index < -0.39 is 24.4 Å². The van der Waals surface area contributed by atoms with Gasteiger partial charge in [0, 0.05) is 25.2 Å². The van der Waals surface area contributed by atoms with E-state index in [1.165, 1.54) is 13.2 Å². The molecule has 34 heavy (non-hydrogen) atoms. The summed E-state index contributed by atoms with van der Waals surface area (Å²) in [6.07, 6.45) is 0.654. The lowest BCUT2D eigenvalue weighted by Gasteiger charge is -2.17. The quantitative estimate of drug-likeness (QED) is 0.511. The smallest absolute Gasteiger partial charge is 0.311 e. The maximum atomic E-state index is 12.4. The number of rotatable bonds is 10. The van der Waals surface area contributed by atoms with Crippen LogP contribution in [0.5, 0.6) is 17.2 Å². The number of anilines is 1. The fourth-order valence-electron chi connectivity index (χ4n) is 3.64. The van der Waals surface area contributed by atoms with Crippen LogP contribution >= 0.6 is 11.6 Å². The van der Waals surface area contributed by atoms with E-state index in [-0.39, 0.29) is 18.9 Å². The molecule has 3 rings (SSSR count). The van der Waals surface area contributed by atoms with Crippen molar-refractivity contribution >= 4 is 35.1 Å². The van der Waals surface area contributed by atoms with Crippen molar-refractivity contribution in [2.24, 2.45) is 5.92 Å². The van der Waals surface area contributed by atoms with Crippen LogP contribution in [-0.4, -0.2) is 63.7 Å². The number of nitrogens with one attached hydrogen (secondary N) is 1. The highest BCUT2D eigenvalue weighted by atomic mass is 35.5. The molecule has 0 saturated carbocycles. The van der Waals surface area contributed by atoms with E-state index in [4.69, 9.17) is 30.5 Å². The standard InChI is InChI=1S/C24H27ClN2O7/c1-31-19-7-5-17(12-18(19)25)26-22(28)14-34-24(30)16-11-23(29)27(13-16)9-8-15-4-6-20(32-2)21(10-15)33-3/h4-7,10,12,16H,8-9,11,13-14H2,1-3H3,(H,26,28)/t16-/m0/s1. The summed E-state index contributed by atoms with van der Waals surface area (Å²) in [7, 11) is 4.62. The first kappa shape index (κ1) is 25.2. The van der Waals surface area contributed by atoms with E-state index in [0.717, 1.165) is 5.56 Å². The van der Waals surface area contributed by atoms with E-state index in [0.29, 0.717) is 40.9 Å². The average molecular weight is 491 g/mol. The number of hydrogen-bond donors (Lipinski definition) is 1. The molecule has 0 spiro atoms. The number of carbonyl (C=O) groups is 3. The predicted molar refractivity (Wildman–Crippen MR) is 126 cm³/mol. The second-order valence-electron chi connectivity index (χ2n) is 7.69. The van der Waals surface area contributed by atoms with Crippen LogP contribution in [0.3, 0.4) is 0 Å². The number of likely N-dealkylation sites (tertiary alicyclic amines) is 1. The Bertz CT molecular complexity index is 1060. The van der Waals surface area contributed by atoms with Gasteiger partial charge >= 0.3 is 5.97 Å². The molecule has 1 fully saturated rings. The molecule has 1 aliphatic heterocycles. The van der Waals surface area contributed by atoms with Crippen molar-refractivity contribution in [1.82, 2.24) is 4.90 Å². The summed E-state index contributed by atoms with van der Waals surface area (Å²) in [6, 6.07) is 10.3. The van der Waals surface area contributed by atoms with Crippen LogP contribution < -0.4 is 19.5 Å². The van der Waals surface area contributed by atoms with Gasteiger partial charge in [-0.25, -0.2) is 0 Å². The van der Waals surface area contributed by atoms with Gasteiger partial charge in [-0.1, -0.05) is 17.7 Å². The van der Waals surface area contributed by atoms with Crippen molar-refractivity contribution in [2.45, 2.75) is 12.8 Å². The largest absolute Gasteiger partial charge is 0.495 e. The van der Waals surface area contributed by atoms with Crippen LogP contribution in [0.1, 0.15) is 12.0 Å². The summed E-state index contributed by atoms with van der Waals surface area (Å²) in [5.74, 6) is -0.0996. The molecule has 1 aliphatic rings. The van der Waals surface area contributed by atoms with Gasteiger partial charge in [0.2, 0.25) is 5.91 Å². The number of amides is 2. The van der Waals surface area contributed by atoms with E-state index in [2.05, 4.69) is 5.32 Å². The summed E-state index contributed by atoms with van der Waals surface area (Å²) in [5, 5.41) is 2.94. The minimum atomic E-state index is -0.610. The third-order valence-electron chi connectivity index (χ3n) is 5.45. The molecule has 2 aromatic carbocycles. The van der Waals surface area contributed by atoms with Gasteiger partial charge in [0.05, 0.1) is 32.3 Å². The highest BCUT2D eigenvalue weighted by Crippen LogP contribution is 2.29. The number of carbonyl (C=O) groups excluding carboxylic acids is 3. The Morgan fingerprint density at radius 3 is 2.41 bits per heavy atom. The van der Waals surface area contributed by atoms with Gasteiger partial charge in [0.1, 0.15) is 5.75 Å². The van der Waals surface area contributed by atoms with Crippen molar-refractivity contribution in [3.05, 3.63) is 47.0 Å². The zero-order valence-electron chi connectivity index (χ0n) is 19.3. The Morgan fingerprint density at radius 2 is 1.74 bits per heavy atom. The predicted octanol–water partition coefficient (Wildman–Crippen LogP) is 2.94. The molecular formula is C24H27ClN2O7. The molecule has 1 saturated heterocycles. The number of benzene rings is 2. The topological polar surface area (TPSA) is 103 Å². The number of ether oxygens (including phenoxy) is 4. The molecule has 9 nitrogen and oxygen atoms in total. The summed E-state index contributed by atoms with van der Waals surface area (Å²) in [5.41, 5.74) is 1.43. The van der Waals surface area contributed by atoms with Crippen LogP contribution in [0.4, 0.5) is 5.69 Å². The fourth-order valence-corrected chi connectivity index (χ4v) is 3.90. The number of methoxy groups -OCH3 is 3. The lowest BCUT2D eigenvalue weighted by Crippen LogP contribution is -2.29. The maximum absolute atomic E-state index is 12.4. The van der Waals surface area contributed by atoms with Crippen LogP contribution in [0, 0.1) is 5.92 Å². The molecular weight excluding hydrogens is 464 g/mol. The van der Waals surface area contributed by atoms with Gasteiger partial charge < -0.3 is 29.2 Å². The van der Waals surface area contributed by atoms with Gasteiger partial charge in [-0.05, 0) is 42.3 Å². The van der Waals surface area contributed by atoms with Gasteiger partial charge in [0.25, 0.3) is 5.91 Å². The molecule has 1 N–H and O–H groups in total. The van der Waals surface area contributed by atoms with E-state index in [1.54, 1.807) is 31.3 Å². The summed E-state index contributed by atoms with van der Waals surface area (Å²) in [6.45, 7) is 0.246. The van der Waals surface area contributed by atoms with Crippen LogP contribution in [0.25, 0.3) is 0 Å². The Labute approximate surface area is 202 Å². The van der Waals surface area contributed by atoms with Crippen molar-refractivity contribution in [1.29, 1.82) is 0 Å². The molecule has 0 aliphatic carbocycles. The average Bonchev–Trinajstić information content (AvgIpc) is 3.21. The van der Waals surface area contributed by atoms with Gasteiger partial charge in [-0.15, -0.1) is 0 Å². The Morgan fingerprint density at radius 1 is 1.03 bits per heavy atom. The molecule has 0 bridgehead atoms. The highest BCUT2D eigenvalue weighted by Gasteiger charge is 2.35. The third-order valence-corrected chi connectivity index (χ3v) is 5.74. The summed E-state index contributed by atoms with van der Waals surface area (Å²) < 4.78 is 20.7. The van der Waals surface area contributed by atoms with Gasteiger partial charge in [-0.2, -0.15) is 0 Å². The first-order valence-corrected chi connectivity index (χ1v) is 11.0. The monoisotopic (exact) mass is 490 g/mol. The van der Waals surface area contributed by atoms with Crippen molar-refractivity contribution in [3.63, 3.8) is 0 Å². The molecule has 2 aromatic rings. The maximum Gasteiger partial charge on any atom is 0.311 e. The van der Waals surface area contributed by atoms with E-state index in [9.17, 15) is 14.4 Å². The SMILES string of the molecule is COc1ccc(NC(=O)COC(=O)[C@H]2CC(=O)N(CCc3ccc(OC)c(OC)c3)C2)cc1Cl. The molecule has 1 atom stereocenters. The van der Waals surface area contributed by atoms with Crippen LogP contribution in [0.2, 0.25) is 5.02 Å². The first-order chi connectivity index (χ1) is 16.3. The normalized spacial score (nSPS) is 15.1. The number of esters is 1. The number of nitrogens with zero attached hydrogens (tertiary/aromatic N) is 1. The number of hydrogen-bond acceptors (Lipinski definition) is 7. The van der Waals surface area contributed by atoms with Gasteiger partial charge in [-0.3, -0.25) is 14.4 Å². The lowest BCUT2D eigenvalue weighted by molar-refractivity contribution is -0.151. The first-order valence-electron chi connectivity index (χ1n) is 10.6. The second kappa shape index (κ2) is 11.6. The zero-order valence-corrected chi connectivity index (χ0v) is 20.0. The molecule has 0 unspecified atom stereocenters. The van der Waals surface area contributed by atoms with Crippen molar-refractivity contribution < 1.29 is 33.3 Å². The molecule has 182 valence electrons. The van der Waals surface area contributed by atoms with Crippen LogP contribution in [-0.2, 0) is 25.5 Å². The minimum absolute atomic E-state index is 0.0560. The molecule has 1 heterocycles. The fraction of sp³-hybridized carbons (Fsp3) is 0.375. The second-order valence-corrected chi connectivity index (χ2v) is 8.09. The minimum Gasteiger partial charge on any atom is -0.495 e. The third kappa shape index (κ3) is 6.32. The summed E-state index contributed by atoms with van der Waals surface area (Å²) in [4.78, 5) is 38.5. The van der Waals surface area contributed by atoms with Crippen molar-refractivity contribution in [3.8, 4) is 17.2 Å². The Balaban J connectivity index is 1.46. The van der Waals surface area contributed by atoms with E-state index in [1.807, 2.05) is 18.2 Å². The zero-order chi connectivity index (χ0) is 24.7. The molecule has 0 radical (unpaired) electrons. The Kier molecular flexibility index (Phi) is 8.59. The molecule has 0 aromatic heterocycles. The molecule has 2 amide bonds. The van der Waals surface area contributed by atoms with E-state index >= 15 is 0 Å². The highest BCUT2D eigenvalue weighted by molar-refractivity contribution is 6.32. The summed E-state index contributed by atoms with van der Waals surface area (Å²) >= 11 is 6.04. The van der Waals surface area contributed by atoms with Gasteiger partial charge in [0.15, 0.2) is 18.1 Å². The van der Waals surface area contributed by atoms with Crippen LogP contribution in [0.15, 0.2) is 36.4 Å².